The predicted molar refractivity (Wildman–Crippen MR) is 110 cm³/mol. The number of ether oxygens (including phenoxy) is 2. The maximum atomic E-state index is 12.9. The Labute approximate surface area is 174 Å². The van der Waals surface area contributed by atoms with Crippen LogP contribution in [0.4, 0.5) is 0 Å². The van der Waals surface area contributed by atoms with Gasteiger partial charge in [-0.25, -0.2) is 4.98 Å². The number of thiophene rings is 2. The van der Waals surface area contributed by atoms with Crippen LogP contribution < -0.4 is 5.56 Å². The topological polar surface area (TPSA) is 90.7 Å². The number of nitrogens with zero attached hydrogens (tertiary/aromatic N) is 3. The van der Waals surface area contributed by atoms with Crippen molar-refractivity contribution >= 4 is 44.8 Å². The van der Waals surface area contributed by atoms with Crippen LogP contribution >= 0.6 is 22.7 Å². The fraction of sp³-hybridized carbons (Fsp3) is 0.368. The van der Waals surface area contributed by atoms with Gasteiger partial charge in [0.05, 0.1) is 24.4 Å². The first-order valence-corrected chi connectivity index (χ1v) is 10.8. The van der Waals surface area contributed by atoms with Crippen molar-refractivity contribution in [3.8, 4) is 10.4 Å². The second kappa shape index (κ2) is 8.44. The molecule has 10 heteroatoms. The molecule has 152 valence electrons. The van der Waals surface area contributed by atoms with Crippen LogP contribution in [0.15, 0.2) is 34.0 Å². The standard InChI is InChI=1S/C19H19N3O5S2/c1-12-7-21(4-5-26-12)15(23)9-27-16(24)8-22-11-20-18-17(19(22)25)13(10-29-18)14-3-2-6-28-14/h2-3,6,10-12H,4-5,7-9H2,1H3. The first-order valence-electron chi connectivity index (χ1n) is 9.08. The Hall–Kier alpha value is -2.56. The van der Waals surface area contributed by atoms with Crippen molar-refractivity contribution < 1.29 is 19.1 Å². The smallest absolute Gasteiger partial charge is 0.326 e. The summed E-state index contributed by atoms with van der Waals surface area (Å²) in [5.41, 5.74) is 0.516. The van der Waals surface area contributed by atoms with Crippen LogP contribution in [-0.4, -0.2) is 58.7 Å². The lowest BCUT2D eigenvalue weighted by atomic mass is 10.2. The van der Waals surface area contributed by atoms with Gasteiger partial charge in [-0.1, -0.05) is 6.07 Å². The number of carbonyl (C=O) groups is 2. The number of fused-ring (bicyclic) bond motifs is 1. The lowest BCUT2D eigenvalue weighted by molar-refractivity contribution is -0.155. The monoisotopic (exact) mass is 433 g/mol. The van der Waals surface area contributed by atoms with Gasteiger partial charge in [0, 0.05) is 28.9 Å². The highest BCUT2D eigenvalue weighted by molar-refractivity contribution is 7.18. The second-order valence-electron chi connectivity index (χ2n) is 6.67. The highest BCUT2D eigenvalue weighted by Gasteiger charge is 2.22. The average Bonchev–Trinajstić information content (AvgIpc) is 3.38. The van der Waals surface area contributed by atoms with Crippen LogP contribution in [0, 0.1) is 0 Å². The number of rotatable bonds is 5. The zero-order chi connectivity index (χ0) is 20.4. The van der Waals surface area contributed by atoms with Gasteiger partial charge in [-0.05, 0) is 18.4 Å². The maximum Gasteiger partial charge on any atom is 0.326 e. The van der Waals surface area contributed by atoms with Gasteiger partial charge in [-0.2, -0.15) is 0 Å². The Morgan fingerprint density at radius 3 is 3.00 bits per heavy atom. The summed E-state index contributed by atoms with van der Waals surface area (Å²) in [4.78, 5) is 44.8. The molecule has 4 rings (SSSR count). The molecule has 1 unspecified atom stereocenters. The van der Waals surface area contributed by atoms with Crippen molar-refractivity contribution in [2.75, 3.05) is 26.3 Å². The highest BCUT2D eigenvalue weighted by atomic mass is 32.1. The van der Waals surface area contributed by atoms with E-state index in [1.807, 2.05) is 29.8 Å². The number of aromatic nitrogens is 2. The molecule has 3 aromatic rings. The molecule has 0 N–H and O–H groups in total. The van der Waals surface area contributed by atoms with E-state index in [-0.39, 0.29) is 30.7 Å². The molecule has 0 spiro atoms. The molecule has 0 aromatic carbocycles. The van der Waals surface area contributed by atoms with Crippen LogP contribution in [-0.2, 0) is 25.6 Å². The largest absolute Gasteiger partial charge is 0.454 e. The van der Waals surface area contributed by atoms with E-state index in [1.165, 1.54) is 33.6 Å². The number of hydrogen-bond donors (Lipinski definition) is 0. The predicted octanol–water partition coefficient (Wildman–Crippen LogP) is 1.98. The Bertz CT molecular complexity index is 1090. The van der Waals surface area contributed by atoms with Crippen molar-refractivity contribution in [2.24, 2.45) is 0 Å². The van der Waals surface area contributed by atoms with E-state index in [4.69, 9.17) is 9.47 Å². The van der Waals surface area contributed by atoms with Gasteiger partial charge in [0.2, 0.25) is 0 Å². The molecule has 1 saturated heterocycles. The molecule has 4 heterocycles. The minimum atomic E-state index is -0.657. The summed E-state index contributed by atoms with van der Waals surface area (Å²) in [5.74, 6) is -0.928. The van der Waals surface area contributed by atoms with E-state index in [9.17, 15) is 14.4 Å². The molecule has 8 nitrogen and oxygen atoms in total. The summed E-state index contributed by atoms with van der Waals surface area (Å²) in [6, 6.07) is 3.86. The molecule has 1 aliphatic rings. The van der Waals surface area contributed by atoms with Crippen molar-refractivity contribution in [1.29, 1.82) is 0 Å². The summed E-state index contributed by atoms with van der Waals surface area (Å²) in [6.07, 6.45) is 1.30. The lowest BCUT2D eigenvalue weighted by Gasteiger charge is -2.30. The third-order valence-corrected chi connectivity index (χ3v) is 6.39. The zero-order valence-electron chi connectivity index (χ0n) is 15.7. The number of hydrogen-bond acceptors (Lipinski definition) is 8. The Morgan fingerprint density at radius 2 is 2.24 bits per heavy atom. The van der Waals surface area contributed by atoms with Crippen molar-refractivity contribution in [2.45, 2.75) is 19.6 Å². The van der Waals surface area contributed by atoms with E-state index < -0.39 is 5.97 Å². The molecule has 3 aromatic heterocycles. The van der Waals surface area contributed by atoms with Gasteiger partial charge in [0.15, 0.2) is 6.61 Å². The molecule has 1 atom stereocenters. The van der Waals surface area contributed by atoms with Gasteiger partial charge in [0.25, 0.3) is 11.5 Å². The molecule has 0 bridgehead atoms. The number of morpholine rings is 1. The first-order chi connectivity index (χ1) is 14.0. The van der Waals surface area contributed by atoms with Crippen LogP contribution in [0.1, 0.15) is 6.92 Å². The second-order valence-corrected chi connectivity index (χ2v) is 8.47. The van der Waals surface area contributed by atoms with E-state index in [0.29, 0.717) is 29.9 Å². The lowest BCUT2D eigenvalue weighted by Crippen LogP contribution is -2.46. The summed E-state index contributed by atoms with van der Waals surface area (Å²) in [7, 11) is 0. The van der Waals surface area contributed by atoms with E-state index >= 15 is 0 Å². The van der Waals surface area contributed by atoms with Crippen LogP contribution in [0.3, 0.4) is 0 Å². The first kappa shape index (κ1) is 19.7. The fourth-order valence-electron chi connectivity index (χ4n) is 3.16. The summed E-state index contributed by atoms with van der Waals surface area (Å²) in [5, 5.41) is 4.33. The molecule has 1 aliphatic heterocycles. The summed E-state index contributed by atoms with van der Waals surface area (Å²) in [6.45, 7) is 2.65. The van der Waals surface area contributed by atoms with E-state index in [2.05, 4.69) is 4.98 Å². The van der Waals surface area contributed by atoms with Gasteiger partial charge < -0.3 is 14.4 Å². The fourth-order valence-corrected chi connectivity index (χ4v) is 4.88. The minimum Gasteiger partial charge on any atom is -0.454 e. The maximum absolute atomic E-state index is 12.9. The third kappa shape index (κ3) is 4.24. The van der Waals surface area contributed by atoms with Crippen LogP contribution in [0.5, 0.6) is 0 Å². The van der Waals surface area contributed by atoms with E-state index in [1.54, 1.807) is 4.90 Å². The average molecular weight is 434 g/mol. The molecular weight excluding hydrogens is 414 g/mol. The zero-order valence-corrected chi connectivity index (χ0v) is 17.3. The Morgan fingerprint density at radius 1 is 1.38 bits per heavy atom. The van der Waals surface area contributed by atoms with Crippen LogP contribution in [0.2, 0.25) is 0 Å². The van der Waals surface area contributed by atoms with Gasteiger partial charge in [-0.3, -0.25) is 19.0 Å². The number of carbonyl (C=O) groups excluding carboxylic acids is 2. The quantitative estimate of drug-likeness (QED) is 0.572. The molecule has 1 fully saturated rings. The minimum absolute atomic E-state index is 0.0390. The van der Waals surface area contributed by atoms with Crippen molar-refractivity contribution in [3.63, 3.8) is 0 Å². The number of amides is 1. The van der Waals surface area contributed by atoms with E-state index in [0.717, 1.165) is 10.4 Å². The highest BCUT2D eigenvalue weighted by Crippen LogP contribution is 2.33. The Balaban J connectivity index is 1.44. The molecule has 29 heavy (non-hydrogen) atoms. The third-order valence-electron chi connectivity index (χ3n) is 4.60. The molecule has 0 saturated carbocycles. The Kier molecular flexibility index (Phi) is 5.74. The normalized spacial score (nSPS) is 16.9. The van der Waals surface area contributed by atoms with Crippen molar-refractivity contribution in [3.05, 3.63) is 39.6 Å². The van der Waals surface area contributed by atoms with Crippen LogP contribution in [0.25, 0.3) is 20.7 Å². The van der Waals surface area contributed by atoms with Gasteiger partial charge in [0.1, 0.15) is 11.4 Å². The molecule has 0 radical (unpaired) electrons. The molecule has 0 aliphatic carbocycles. The SMILES string of the molecule is CC1CN(C(=O)COC(=O)Cn2cnc3scc(-c4cccs4)c3c2=O)CCO1. The number of esters is 1. The van der Waals surface area contributed by atoms with Gasteiger partial charge >= 0.3 is 5.97 Å². The van der Waals surface area contributed by atoms with Crippen molar-refractivity contribution in [1.82, 2.24) is 14.5 Å². The summed E-state index contributed by atoms with van der Waals surface area (Å²) < 4.78 is 11.7. The molecular formula is C19H19N3O5S2. The molecule has 1 amide bonds. The van der Waals surface area contributed by atoms with Gasteiger partial charge in [-0.15, -0.1) is 22.7 Å². The summed E-state index contributed by atoms with van der Waals surface area (Å²) >= 11 is 2.93.